The summed E-state index contributed by atoms with van der Waals surface area (Å²) in [5, 5.41) is 1.09. The van der Waals surface area contributed by atoms with Crippen LogP contribution in [-0.4, -0.2) is 21.2 Å². The van der Waals surface area contributed by atoms with Crippen LogP contribution in [0.4, 0.5) is 0 Å². The van der Waals surface area contributed by atoms with E-state index in [-0.39, 0.29) is 11.7 Å². The van der Waals surface area contributed by atoms with Crippen molar-refractivity contribution in [3.05, 3.63) is 138 Å². The molecule has 0 saturated heterocycles. The van der Waals surface area contributed by atoms with Gasteiger partial charge in [-0.25, -0.2) is 9.79 Å². The Morgan fingerprint density at radius 3 is 2.34 bits per heavy atom. The predicted molar refractivity (Wildman–Crippen MR) is 164 cm³/mol. The summed E-state index contributed by atoms with van der Waals surface area (Å²) >= 11 is 1.35. The third-order valence-corrected chi connectivity index (χ3v) is 8.42. The fraction of sp³-hybridized carbons (Fsp3) is 0.206. The average Bonchev–Trinajstić information content (AvgIpc) is 3.41. The smallest absolute Gasteiger partial charge is 0.338 e. The molecule has 6 nitrogen and oxygen atoms in total. The molecule has 5 aromatic rings. The number of thiazole rings is 1. The lowest BCUT2D eigenvalue weighted by atomic mass is 9.96. The number of hydrogen-bond acceptors (Lipinski definition) is 5. The molecule has 1 atom stereocenters. The van der Waals surface area contributed by atoms with Crippen LogP contribution < -0.4 is 14.9 Å². The summed E-state index contributed by atoms with van der Waals surface area (Å²) in [7, 11) is 0. The van der Waals surface area contributed by atoms with E-state index in [2.05, 4.69) is 35.8 Å². The minimum Gasteiger partial charge on any atom is -0.459 e. The van der Waals surface area contributed by atoms with Crippen LogP contribution in [0.3, 0.4) is 0 Å². The van der Waals surface area contributed by atoms with Crippen LogP contribution in [0.2, 0.25) is 0 Å². The van der Waals surface area contributed by atoms with Gasteiger partial charge in [0, 0.05) is 28.7 Å². The number of hydrogen-bond donors (Lipinski definition) is 0. The molecule has 206 valence electrons. The number of aromatic nitrogens is 2. The molecule has 0 amide bonds. The number of benzene rings is 3. The van der Waals surface area contributed by atoms with Gasteiger partial charge in [-0.2, -0.15) is 0 Å². The van der Waals surface area contributed by atoms with Crippen molar-refractivity contribution in [2.75, 3.05) is 0 Å². The van der Waals surface area contributed by atoms with Crippen molar-refractivity contribution in [1.82, 2.24) is 9.13 Å². The van der Waals surface area contributed by atoms with Crippen LogP contribution in [0.15, 0.2) is 106 Å². The number of fused-ring (bicyclic) bond motifs is 2. The van der Waals surface area contributed by atoms with E-state index in [1.54, 1.807) is 4.57 Å². The van der Waals surface area contributed by atoms with Gasteiger partial charge in [0.1, 0.15) is 0 Å². The molecule has 3 heterocycles. The Bertz CT molecular complexity index is 1980. The highest BCUT2D eigenvalue weighted by atomic mass is 32.1. The minimum absolute atomic E-state index is 0.177. The van der Waals surface area contributed by atoms with Gasteiger partial charge in [-0.15, -0.1) is 0 Å². The second-order valence-electron chi connectivity index (χ2n) is 10.5. The van der Waals surface area contributed by atoms with Crippen LogP contribution in [-0.2, 0) is 16.1 Å². The van der Waals surface area contributed by atoms with Crippen molar-refractivity contribution in [1.29, 1.82) is 0 Å². The first-order chi connectivity index (χ1) is 19.8. The van der Waals surface area contributed by atoms with Gasteiger partial charge in [0.05, 0.1) is 27.9 Å². The first-order valence-electron chi connectivity index (χ1n) is 13.7. The molecule has 1 aliphatic rings. The highest BCUT2D eigenvalue weighted by molar-refractivity contribution is 7.07. The molecule has 0 bridgehead atoms. The lowest BCUT2D eigenvalue weighted by molar-refractivity contribution is -0.143. The number of carbonyl (C=O) groups is 1. The Morgan fingerprint density at radius 1 is 0.976 bits per heavy atom. The number of rotatable bonds is 6. The van der Waals surface area contributed by atoms with Crippen molar-refractivity contribution >= 4 is 34.3 Å². The fourth-order valence-corrected chi connectivity index (χ4v) is 6.58. The quantitative estimate of drug-likeness (QED) is 0.257. The lowest BCUT2D eigenvalue weighted by Crippen LogP contribution is -2.40. The van der Waals surface area contributed by atoms with Crippen LogP contribution in [0.1, 0.15) is 49.2 Å². The van der Waals surface area contributed by atoms with Crippen LogP contribution in [0.25, 0.3) is 17.0 Å². The third-order valence-electron chi connectivity index (χ3n) is 7.44. The van der Waals surface area contributed by atoms with Crippen molar-refractivity contribution in [3.63, 3.8) is 0 Å². The number of allylic oxidation sites excluding steroid dienone is 1. The Kier molecular flexibility index (Phi) is 7.05. The van der Waals surface area contributed by atoms with E-state index < -0.39 is 12.0 Å². The van der Waals surface area contributed by atoms with E-state index >= 15 is 0 Å². The van der Waals surface area contributed by atoms with Crippen molar-refractivity contribution in [2.24, 2.45) is 4.99 Å². The molecule has 0 N–H and O–H groups in total. The van der Waals surface area contributed by atoms with Gasteiger partial charge in [-0.1, -0.05) is 90.2 Å². The van der Waals surface area contributed by atoms with Gasteiger partial charge in [0.15, 0.2) is 4.80 Å². The molecular formula is C34H31N3O3S. The van der Waals surface area contributed by atoms with Gasteiger partial charge < -0.3 is 9.30 Å². The van der Waals surface area contributed by atoms with Gasteiger partial charge in [-0.3, -0.25) is 9.36 Å². The maximum Gasteiger partial charge on any atom is 0.338 e. The number of para-hydroxylation sites is 1. The summed E-state index contributed by atoms with van der Waals surface area (Å²) < 4.78 is 10.1. The van der Waals surface area contributed by atoms with E-state index in [1.165, 1.54) is 16.9 Å². The number of carbonyl (C=O) groups excluding carboxylic acids is 1. The Labute approximate surface area is 242 Å². The van der Waals surface area contributed by atoms with Crippen LogP contribution in [0.5, 0.6) is 0 Å². The maximum atomic E-state index is 14.1. The zero-order valence-electron chi connectivity index (χ0n) is 23.5. The Hall–Kier alpha value is -4.49. The lowest BCUT2D eigenvalue weighted by Gasteiger charge is -2.25. The van der Waals surface area contributed by atoms with E-state index in [0.717, 1.165) is 34.3 Å². The highest BCUT2D eigenvalue weighted by Crippen LogP contribution is 2.31. The molecule has 0 spiro atoms. The van der Waals surface area contributed by atoms with E-state index in [0.29, 0.717) is 20.6 Å². The number of ether oxygens (including phenoxy) is 1. The Balaban J connectivity index is 1.54. The normalized spacial score (nSPS) is 15.3. The molecule has 1 unspecified atom stereocenters. The summed E-state index contributed by atoms with van der Waals surface area (Å²) in [6, 6.07) is 27.7. The summed E-state index contributed by atoms with van der Waals surface area (Å²) in [6.07, 6.45) is 1.69. The van der Waals surface area contributed by atoms with E-state index in [9.17, 15) is 9.59 Å². The zero-order valence-corrected chi connectivity index (χ0v) is 24.3. The maximum absolute atomic E-state index is 14.1. The van der Waals surface area contributed by atoms with Gasteiger partial charge in [0.25, 0.3) is 5.56 Å². The van der Waals surface area contributed by atoms with Gasteiger partial charge in [0.2, 0.25) is 0 Å². The molecule has 6 rings (SSSR count). The SMILES string of the molecule is CC1=C(C(=O)OC(C)C)C(c2ccccc2)n2c(sc(=Cc3c(C)n(Cc4ccccc4)c4ccccc34)c2=O)=N1. The van der Waals surface area contributed by atoms with E-state index in [1.807, 2.05) is 87.5 Å². The van der Waals surface area contributed by atoms with Gasteiger partial charge >= 0.3 is 5.97 Å². The molecule has 7 heteroatoms. The first-order valence-corrected chi connectivity index (χ1v) is 14.6. The average molecular weight is 562 g/mol. The zero-order chi connectivity index (χ0) is 28.7. The molecule has 41 heavy (non-hydrogen) atoms. The monoisotopic (exact) mass is 561 g/mol. The molecule has 2 aromatic heterocycles. The molecular weight excluding hydrogens is 530 g/mol. The summed E-state index contributed by atoms with van der Waals surface area (Å²) in [5.41, 5.74) is 6.02. The standard InChI is InChI=1S/C34H31N3O3S/c1-21(2)40-33(39)30-22(3)35-34-37(31(30)25-15-9-6-10-16-25)32(38)29(41-34)19-27-23(4)36(20-24-13-7-5-8-14-24)28-18-12-11-17-26(27)28/h5-19,21,31H,20H2,1-4H3. The number of nitrogens with zero attached hydrogens (tertiary/aromatic N) is 3. The molecule has 0 aliphatic carbocycles. The van der Waals surface area contributed by atoms with Crippen LogP contribution in [0, 0.1) is 6.92 Å². The van der Waals surface area contributed by atoms with Gasteiger partial charge in [-0.05, 0) is 51.0 Å². The summed E-state index contributed by atoms with van der Waals surface area (Å²) in [6.45, 7) is 8.28. The van der Waals surface area contributed by atoms with Crippen molar-refractivity contribution < 1.29 is 9.53 Å². The molecule has 0 saturated carbocycles. The Morgan fingerprint density at radius 2 is 1.63 bits per heavy atom. The number of esters is 1. The largest absolute Gasteiger partial charge is 0.459 e. The second kappa shape index (κ2) is 10.8. The summed E-state index contributed by atoms with van der Waals surface area (Å²) in [4.78, 5) is 32.8. The molecule has 1 aliphatic heterocycles. The minimum atomic E-state index is -0.624. The van der Waals surface area contributed by atoms with E-state index in [4.69, 9.17) is 9.73 Å². The topological polar surface area (TPSA) is 65.6 Å². The second-order valence-corrected chi connectivity index (χ2v) is 11.5. The first kappa shape index (κ1) is 26.7. The molecule has 0 radical (unpaired) electrons. The van der Waals surface area contributed by atoms with Crippen LogP contribution >= 0.6 is 11.3 Å². The molecule has 3 aromatic carbocycles. The third kappa shape index (κ3) is 4.87. The van der Waals surface area contributed by atoms with Crippen molar-refractivity contribution in [2.45, 2.75) is 46.4 Å². The fourth-order valence-electron chi connectivity index (χ4n) is 5.55. The molecule has 0 fully saturated rings. The highest BCUT2D eigenvalue weighted by Gasteiger charge is 2.33. The van der Waals surface area contributed by atoms with Crippen molar-refractivity contribution in [3.8, 4) is 0 Å². The predicted octanol–water partition coefficient (Wildman–Crippen LogP) is 5.50. The summed E-state index contributed by atoms with van der Waals surface area (Å²) in [5.74, 6) is -0.454.